The molecule has 100 valence electrons. The van der Waals surface area contributed by atoms with Gasteiger partial charge in [0, 0.05) is 13.0 Å². The van der Waals surface area contributed by atoms with E-state index in [1.165, 1.54) is 12.8 Å². The third kappa shape index (κ3) is 1.84. The van der Waals surface area contributed by atoms with Gasteiger partial charge in [-0.1, -0.05) is 33.1 Å². The quantitative estimate of drug-likeness (QED) is 0.784. The zero-order valence-corrected chi connectivity index (χ0v) is 12.6. The Balaban J connectivity index is 2.29. The highest BCUT2D eigenvalue weighted by Crippen LogP contribution is 2.64. The normalized spacial score (nSPS) is 47.6. The number of nitrogens with zero attached hydrogens (tertiary/aromatic N) is 2. The highest BCUT2D eigenvalue weighted by Gasteiger charge is 2.71. The summed E-state index contributed by atoms with van der Waals surface area (Å²) in [5.74, 6) is 1.31. The van der Waals surface area contributed by atoms with Crippen molar-refractivity contribution in [2.75, 3.05) is 13.8 Å². The predicted molar refractivity (Wildman–Crippen MR) is 73.5 cm³/mol. The molecule has 4 heteroatoms. The van der Waals surface area contributed by atoms with Crippen molar-refractivity contribution in [3.63, 3.8) is 0 Å². The summed E-state index contributed by atoms with van der Waals surface area (Å²) in [6, 6.07) is 0. The minimum Gasteiger partial charge on any atom is -0.358 e. The van der Waals surface area contributed by atoms with E-state index in [-0.39, 0.29) is 11.1 Å². The van der Waals surface area contributed by atoms with E-state index < -0.39 is 0 Å². The third-order valence-electron chi connectivity index (χ3n) is 4.97. The average Bonchev–Trinajstić information content (AvgIpc) is 2.93. The topological polar surface area (TPSA) is 15.7 Å². The lowest BCUT2D eigenvalue weighted by molar-refractivity contribution is -0.108. The van der Waals surface area contributed by atoms with Gasteiger partial charge >= 0.3 is 0 Å². The van der Waals surface area contributed by atoms with Crippen molar-refractivity contribution < 1.29 is 4.74 Å². The molecule has 4 atom stereocenters. The van der Waals surface area contributed by atoms with Gasteiger partial charge in [0.25, 0.3) is 0 Å². The molecule has 0 aromatic rings. The SMILES string of the molecule is CCCC1[C@@H]2C(C)(CC)OCN(C)N(S)C12C. The van der Waals surface area contributed by atoms with Crippen LogP contribution in [0.5, 0.6) is 0 Å². The molecule has 0 N–H and O–H groups in total. The van der Waals surface area contributed by atoms with Crippen LogP contribution in [0.2, 0.25) is 0 Å². The first kappa shape index (κ1) is 13.7. The van der Waals surface area contributed by atoms with E-state index in [9.17, 15) is 0 Å². The van der Waals surface area contributed by atoms with Crippen LogP contribution in [0, 0.1) is 11.8 Å². The monoisotopic (exact) mass is 258 g/mol. The van der Waals surface area contributed by atoms with Gasteiger partial charge < -0.3 is 4.74 Å². The first-order valence-electron chi connectivity index (χ1n) is 6.76. The number of fused-ring (bicyclic) bond motifs is 1. The number of thiol groups is 1. The number of ether oxygens (including phenoxy) is 1. The third-order valence-corrected chi connectivity index (χ3v) is 5.70. The van der Waals surface area contributed by atoms with Gasteiger partial charge in [-0.25, -0.2) is 5.01 Å². The van der Waals surface area contributed by atoms with Crippen LogP contribution < -0.4 is 0 Å². The van der Waals surface area contributed by atoms with Crippen molar-refractivity contribution >= 4 is 12.8 Å². The fourth-order valence-corrected chi connectivity index (χ4v) is 4.07. The van der Waals surface area contributed by atoms with Gasteiger partial charge in [0.05, 0.1) is 11.1 Å². The molecule has 2 fully saturated rings. The number of hydrogen-bond acceptors (Lipinski definition) is 4. The summed E-state index contributed by atoms with van der Waals surface area (Å²) in [6.07, 6.45) is 3.58. The van der Waals surface area contributed by atoms with Gasteiger partial charge in [-0.15, -0.1) is 0 Å². The molecule has 1 saturated heterocycles. The van der Waals surface area contributed by atoms with Gasteiger partial charge in [-0.05, 0) is 32.6 Å². The van der Waals surface area contributed by atoms with Crippen molar-refractivity contribution in [1.29, 1.82) is 0 Å². The molecule has 1 saturated carbocycles. The zero-order chi connectivity index (χ0) is 12.8. The molecule has 0 aromatic carbocycles. The van der Waals surface area contributed by atoms with Gasteiger partial charge in [0.15, 0.2) is 0 Å². The molecule has 2 aliphatic rings. The Bertz CT molecular complexity index is 301. The average molecular weight is 258 g/mol. The molecule has 1 aliphatic heterocycles. The lowest BCUT2D eigenvalue weighted by Crippen LogP contribution is -2.41. The minimum absolute atomic E-state index is 0.000324. The van der Waals surface area contributed by atoms with E-state index in [1.54, 1.807) is 0 Å². The summed E-state index contributed by atoms with van der Waals surface area (Å²) in [5, 5.41) is 2.09. The van der Waals surface area contributed by atoms with Crippen LogP contribution in [0.4, 0.5) is 0 Å². The van der Waals surface area contributed by atoms with Crippen LogP contribution in [0.1, 0.15) is 47.0 Å². The fraction of sp³-hybridized carbons (Fsp3) is 1.00. The highest BCUT2D eigenvalue weighted by atomic mass is 32.1. The second-order valence-electron chi connectivity index (χ2n) is 5.99. The second kappa shape index (κ2) is 4.41. The predicted octanol–water partition coefficient (Wildman–Crippen LogP) is 2.94. The molecule has 0 radical (unpaired) electrons. The molecular formula is C13H26N2OS. The van der Waals surface area contributed by atoms with E-state index in [4.69, 9.17) is 17.6 Å². The smallest absolute Gasteiger partial charge is 0.113 e. The maximum Gasteiger partial charge on any atom is 0.113 e. The maximum absolute atomic E-state index is 6.15. The van der Waals surface area contributed by atoms with Crippen LogP contribution in [-0.2, 0) is 4.74 Å². The van der Waals surface area contributed by atoms with Gasteiger partial charge in [0.1, 0.15) is 6.73 Å². The van der Waals surface area contributed by atoms with Gasteiger partial charge in [0.2, 0.25) is 0 Å². The molecule has 1 heterocycles. The van der Waals surface area contributed by atoms with E-state index >= 15 is 0 Å². The number of rotatable bonds is 3. The maximum atomic E-state index is 6.15. The minimum atomic E-state index is 0.000324. The Labute approximate surface area is 111 Å². The van der Waals surface area contributed by atoms with Crippen LogP contribution in [0.25, 0.3) is 0 Å². The lowest BCUT2D eigenvalue weighted by atomic mass is 9.93. The summed E-state index contributed by atoms with van der Waals surface area (Å²) in [5.41, 5.74) is 0.162. The summed E-state index contributed by atoms with van der Waals surface area (Å²) in [6.45, 7) is 9.74. The molecule has 1 aliphatic carbocycles. The summed E-state index contributed by atoms with van der Waals surface area (Å²) >= 11 is 4.70. The van der Waals surface area contributed by atoms with Crippen LogP contribution in [0.15, 0.2) is 0 Å². The number of hydrazine groups is 1. The zero-order valence-electron chi connectivity index (χ0n) is 11.7. The van der Waals surface area contributed by atoms with E-state index in [0.717, 1.165) is 6.42 Å². The fourth-order valence-electron chi connectivity index (χ4n) is 3.75. The number of hydrogen-bond donors (Lipinski definition) is 1. The second-order valence-corrected chi connectivity index (χ2v) is 6.36. The first-order chi connectivity index (χ1) is 7.91. The van der Waals surface area contributed by atoms with Gasteiger partial charge in [-0.2, -0.15) is 4.41 Å². The Morgan fingerprint density at radius 2 is 2.00 bits per heavy atom. The molecule has 0 spiro atoms. The first-order valence-corrected chi connectivity index (χ1v) is 7.16. The Kier molecular flexibility index (Phi) is 3.54. The van der Waals surface area contributed by atoms with Crippen molar-refractivity contribution in [3.05, 3.63) is 0 Å². The van der Waals surface area contributed by atoms with Crippen LogP contribution >= 0.6 is 12.8 Å². The van der Waals surface area contributed by atoms with E-state index in [2.05, 4.69) is 44.2 Å². The van der Waals surface area contributed by atoms with Gasteiger partial charge in [-0.3, -0.25) is 0 Å². The lowest BCUT2D eigenvalue weighted by Gasteiger charge is -2.31. The van der Waals surface area contributed by atoms with E-state index in [0.29, 0.717) is 18.6 Å². The van der Waals surface area contributed by atoms with Crippen molar-refractivity contribution in [1.82, 2.24) is 9.42 Å². The summed E-state index contributed by atoms with van der Waals surface area (Å²) < 4.78 is 8.26. The summed E-state index contributed by atoms with van der Waals surface area (Å²) in [7, 11) is 2.05. The summed E-state index contributed by atoms with van der Waals surface area (Å²) in [4.78, 5) is 0. The Hall–Kier alpha value is 0.230. The van der Waals surface area contributed by atoms with E-state index in [1.807, 2.05) is 0 Å². The van der Waals surface area contributed by atoms with Crippen LogP contribution in [-0.4, -0.2) is 34.3 Å². The Morgan fingerprint density at radius 1 is 1.35 bits per heavy atom. The van der Waals surface area contributed by atoms with Crippen molar-refractivity contribution in [2.45, 2.75) is 58.1 Å². The Morgan fingerprint density at radius 3 is 2.53 bits per heavy atom. The molecule has 0 bridgehead atoms. The molecular weight excluding hydrogens is 232 g/mol. The molecule has 3 nitrogen and oxygen atoms in total. The molecule has 3 unspecified atom stereocenters. The van der Waals surface area contributed by atoms with Crippen LogP contribution in [0.3, 0.4) is 0 Å². The highest BCUT2D eigenvalue weighted by molar-refractivity contribution is 7.77. The molecule has 2 rings (SSSR count). The molecule has 17 heavy (non-hydrogen) atoms. The molecule has 0 amide bonds. The van der Waals surface area contributed by atoms with Crippen molar-refractivity contribution in [3.8, 4) is 0 Å². The molecule has 0 aromatic heterocycles. The standard InChI is InChI=1S/C13H26N2OS/c1-6-8-10-11-12(3,7-2)16-9-14(5)15(17)13(10,11)4/h10-11,17H,6-9H2,1-5H3/t10?,11-,12?,13?/m1/s1. The van der Waals surface area contributed by atoms with Crippen molar-refractivity contribution in [2.24, 2.45) is 11.8 Å². The largest absolute Gasteiger partial charge is 0.358 e.